The first-order valence-corrected chi connectivity index (χ1v) is 8.29. The molecule has 1 atom stereocenters. The summed E-state index contributed by atoms with van der Waals surface area (Å²) in [7, 11) is -0.341. The van der Waals surface area contributed by atoms with E-state index < -0.39 is 10.0 Å². The topological polar surface area (TPSA) is 75.4 Å². The largest absolute Gasteiger partial charge is 0.384 e. The number of nitrogens with two attached hydrogens (primary N) is 1. The molecule has 0 spiro atoms. The van der Waals surface area contributed by atoms with Crippen LogP contribution in [0.4, 0.5) is 5.69 Å². The Morgan fingerprint density at radius 3 is 2.55 bits per heavy atom. The van der Waals surface area contributed by atoms with Gasteiger partial charge in [-0.25, -0.2) is 12.7 Å². The Labute approximate surface area is 122 Å². The van der Waals surface area contributed by atoms with Gasteiger partial charge in [-0.15, -0.1) is 0 Å². The van der Waals surface area contributed by atoms with Gasteiger partial charge in [-0.2, -0.15) is 0 Å². The smallest absolute Gasteiger partial charge is 0.244 e. The summed E-state index contributed by atoms with van der Waals surface area (Å²) in [5.41, 5.74) is 6.23. The maximum Gasteiger partial charge on any atom is 0.244 e. The number of benzene rings is 1. The van der Waals surface area contributed by atoms with E-state index in [-0.39, 0.29) is 0 Å². The van der Waals surface area contributed by atoms with Crippen molar-refractivity contribution in [3.8, 4) is 0 Å². The summed E-state index contributed by atoms with van der Waals surface area (Å²) in [6.07, 6.45) is 2.00. The van der Waals surface area contributed by atoms with E-state index in [4.69, 9.17) is 5.73 Å². The van der Waals surface area contributed by atoms with Crippen LogP contribution in [0, 0.1) is 5.92 Å². The van der Waals surface area contributed by atoms with E-state index >= 15 is 0 Å². The molecular weight excluding hydrogens is 274 g/mol. The molecule has 0 aliphatic rings. The zero-order valence-electron chi connectivity index (χ0n) is 12.5. The highest BCUT2D eigenvalue weighted by Gasteiger charge is 2.20. The van der Waals surface area contributed by atoms with E-state index in [1.54, 1.807) is 18.2 Å². The van der Waals surface area contributed by atoms with Gasteiger partial charge in [0, 0.05) is 20.6 Å². The van der Waals surface area contributed by atoms with Crippen molar-refractivity contribution in [1.29, 1.82) is 0 Å². The molecule has 0 aromatic heterocycles. The van der Waals surface area contributed by atoms with E-state index in [2.05, 4.69) is 12.2 Å². The molecule has 0 aliphatic carbocycles. The van der Waals surface area contributed by atoms with Crippen LogP contribution in [0.1, 0.15) is 19.8 Å². The van der Waals surface area contributed by atoms with Crippen LogP contribution in [0.25, 0.3) is 0 Å². The summed E-state index contributed by atoms with van der Waals surface area (Å²) >= 11 is 0. The van der Waals surface area contributed by atoms with Crippen LogP contribution in [0.2, 0.25) is 0 Å². The SMILES string of the molecule is CC(CN)CCCNc1ccccc1S(=O)(=O)N(C)C. The number of hydrogen-bond acceptors (Lipinski definition) is 4. The van der Waals surface area contributed by atoms with E-state index in [0.29, 0.717) is 23.0 Å². The third kappa shape index (κ3) is 4.47. The molecule has 20 heavy (non-hydrogen) atoms. The highest BCUT2D eigenvalue weighted by Crippen LogP contribution is 2.23. The molecule has 0 bridgehead atoms. The van der Waals surface area contributed by atoms with Crippen molar-refractivity contribution in [2.45, 2.75) is 24.7 Å². The lowest BCUT2D eigenvalue weighted by atomic mass is 10.1. The Balaban J connectivity index is 2.72. The van der Waals surface area contributed by atoms with E-state index in [1.165, 1.54) is 18.4 Å². The van der Waals surface area contributed by atoms with Crippen molar-refractivity contribution >= 4 is 15.7 Å². The quantitative estimate of drug-likeness (QED) is 0.717. The molecule has 3 N–H and O–H groups in total. The fraction of sp³-hybridized carbons (Fsp3) is 0.571. The number of sulfonamides is 1. The molecular formula is C14H25N3O2S. The Morgan fingerprint density at radius 2 is 1.95 bits per heavy atom. The van der Waals surface area contributed by atoms with Crippen molar-refractivity contribution in [1.82, 2.24) is 4.31 Å². The maximum atomic E-state index is 12.2. The summed E-state index contributed by atoms with van der Waals surface area (Å²) in [5, 5.41) is 3.21. The monoisotopic (exact) mass is 299 g/mol. The zero-order chi connectivity index (χ0) is 15.2. The molecule has 1 unspecified atom stereocenters. The van der Waals surface area contributed by atoms with Crippen LogP contribution in [-0.4, -0.2) is 39.9 Å². The second kappa shape index (κ2) is 7.61. The van der Waals surface area contributed by atoms with E-state index in [0.717, 1.165) is 19.4 Å². The first-order valence-electron chi connectivity index (χ1n) is 6.85. The first-order chi connectivity index (χ1) is 9.39. The van der Waals surface area contributed by atoms with Gasteiger partial charge < -0.3 is 11.1 Å². The average Bonchev–Trinajstić information content (AvgIpc) is 2.43. The fourth-order valence-corrected chi connectivity index (χ4v) is 2.89. The van der Waals surface area contributed by atoms with Crippen molar-refractivity contribution in [3.05, 3.63) is 24.3 Å². The third-order valence-corrected chi connectivity index (χ3v) is 5.11. The molecule has 1 rings (SSSR count). The molecule has 0 aliphatic heterocycles. The molecule has 114 valence electrons. The number of nitrogens with one attached hydrogen (secondary N) is 1. The number of para-hydroxylation sites is 1. The average molecular weight is 299 g/mol. The highest BCUT2D eigenvalue weighted by molar-refractivity contribution is 7.89. The minimum Gasteiger partial charge on any atom is -0.384 e. The van der Waals surface area contributed by atoms with Crippen molar-refractivity contribution in [2.24, 2.45) is 11.7 Å². The van der Waals surface area contributed by atoms with Crippen LogP contribution < -0.4 is 11.1 Å². The number of rotatable bonds is 8. The third-order valence-electron chi connectivity index (χ3n) is 3.24. The summed E-state index contributed by atoms with van der Waals surface area (Å²) in [5.74, 6) is 0.498. The summed E-state index contributed by atoms with van der Waals surface area (Å²) < 4.78 is 25.6. The lowest BCUT2D eigenvalue weighted by Crippen LogP contribution is -2.23. The summed E-state index contributed by atoms with van der Waals surface area (Å²) in [4.78, 5) is 0.317. The van der Waals surface area contributed by atoms with Gasteiger partial charge in [-0.1, -0.05) is 19.1 Å². The van der Waals surface area contributed by atoms with Gasteiger partial charge in [-0.05, 0) is 37.4 Å². The fourth-order valence-electron chi connectivity index (χ4n) is 1.83. The van der Waals surface area contributed by atoms with Crippen LogP contribution in [0.5, 0.6) is 0 Å². The molecule has 0 saturated carbocycles. The second-order valence-corrected chi connectivity index (χ2v) is 7.31. The maximum absolute atomic E-state index is 12.2. The number of anilines is 1. The van der Waals surface area contributed by atoms with Gasteiger partial charge in [0.2, 0.25) is 10.0 Å². The van der Waals surface area contributed by atoms with Crippen LogP contribution in [0.15, 0.2) is 29.2 Å². The van der Waals surface area contributed by atoms with Crippen LogP contribution in [-0.2, 0) is 10.0 Å². The first kappa shape index (κ1) is 16.9. The van der Waals surface area contributed by atoms with Gasteiger partial charge in [0.05, 0.1) is 5.69 Å². The molecule has 0 amide bonds. The number of nitrogens with zero attached hydrogens (tertiary/aromatic N) is 1. The van der Waals surface area contributed by atoms with Gasteiger partial charge in [0.15, 0.2) is 0 Å². The molecule has 0 fully saturated rings. The van der Waals surface area contributed by atoms with Crippen LogP contribution >= 0.6 is 0 Å². The van der Waals surface area contributed by atoms with Gasteiger partial charge in [-0.3, -0.25) is 0 Å². The normalized spacial score (nSPS) is 13.4. The Kier molecular flexibility index (Phi) is 6.45. The second-order valence-electron chi connectivity index (χ2n) is 5.19. The molecule has 6 heteroatoms. The molecule has 0 saturated heterocycles. The highest BCUT2D eigenvalue weighted by atomic mass is 32.2. The van der Waals surface area contributed by atoms with Crippen molar-refractivity contribution in [2.75, 3.05) is 32.5 Å². The zero-order valence-corrected chi connectivity index (χ0v) is 13.3. The lowest BCUT2D eigenvalue weighted by molar-refractivity contribution is 0.520. The minimum atomic E-state index is -3.41. The van der Waals surface area contributed by atoms with E-state index in [9.17, 15) is 8.42 Å². The molecule has 1 aromatic rings. The van der Waals surface area contributed by atoms with Gasteiger partial charge >= 0.3 is 0 Å². The molecule has 5 nitrogen and oxygen atoms in total. The van der Waals surface area contributed by atoms with Crippen molar-refractivity contribution in [3.63, 3.8) is 0 Å². The minimum absolute atomic E-state index is 0.317. The van der Waals surface area contributed by atoms with E-state index in [1.807, 2.05) is 6.07 Å². The van der Waals surface area contributed by atoms with Crippen LogP contribution in [0.3, 0.4) is 0 Å². The summed E-state index contributed by atoms with van der Waals surface area (Å²) in [6, 6.07) is 6.99. The number of hydrogen-bond donors (Lipinski definition) is 2. The summed E-state index contributed by atoms with van der Waals surface area (Å²) in [6.45, 7) is 3.54. The predicted molar refractivity (Wildman–Crippen MR) is 83.3 cm³/mol. The Bertz CT molecular complexity index is 515. The van der Waals surface area contributed by atoms with Crippen molar-refractivity contribution < 1.29 is 8.42 Å². The Hall–Kier alpha value is -1.11. The molecule has 0 heterocycles. The molecule has 1 aromatic carbocycles. The molecule has 0 radical (unpaired) electrons. The Morgan fingerprint density at radius 1 is 1.30 bits per heavy atom. The lowest BCUT2D eigenvalue weighted by Gasteiger charge is -2.16. The standard InChI is InChI=1S/C14H25N3O2S/c1-12(11-15)7-6-10-16-13-8-4-5-9-14(13)20(18,19)17(2)3/h4-5,8-9,12,16H,6-7,10-11,15H2,1-3H3. The predicted octanol–water partition coefficient (Wildman–Crippen LogP) is 1.72. The van der Waals surface area contributed by atoms with Gasteiger partial charge in [0.25, 0.3) is 0 Å². The van der Waals surface area contributed by atoms with Gasteiger partial charge in [0.1, 0.15) is 4.90 Å².